The average Bonchev–Trinajstić information content (AvgIpc) is 2.43. The van der Waals surface area contributed by atoms with E-state index in [-0.39, 0.29) is 11.8 Å². The van der Waals surface area contributed by atoms with Gasteiger partial charge in [0.05, 0.1) is 0 Å². The monoisotopic (exact) mass is 263 g/mol. The van der Waals surface area contributed by atoms with Crippen LogP contribution in [-0.4, -0.2) is 24.9 Å². The molecule has 0 unspecified atom stereocenters. The van der Waals surface area contributed by atoms with E-state index in [1.54, 1.807) is 12.1 Å². The second-order valence-electron chi connectivity index (χ2n) is 4.23. The lowest BCUT2D eigenvalue weighted by Crippen LogP contribution is -2.24. The third kappa shape index (κ3) is 5.52. The van der Waals surface area contributed by atoms with Crippen molar-refractivity contribution in [3.05, 3.63) is 35.4 Å². The molecule has 0 atom stereocenters. The first-order chi connectivity index (χ1) is 9.17. The molecule has 0 saturated carbocycles. The van der Waals surface area contributed by atoms with E-state index < -0.39 is 0 Å². The van der Waals surface area contributed by atoms with Crippen molar-refractivity contribution in [1.29, 1.82) is 0 Å². The molecule has 0 saturated heterocycles. The zero-order valence-electron chi connectivity index (χ0n) is 11.2. The Balaban J connectivity index is 2.52. The summed E-state index contributed by atoms with van der Waals surface area (Å²) < 4.78 is 0. The summed E-state index contributed by atoms with van der Waals surface area (Å²) in [5.74, 6) is -0.118. The minimum atomic E-state index is -0.0983. The van der Waals surface area contributed by atoms with Crippen molar-refractivity contribution < 1.29 is 9.59 Å². The number of hydrogen-bond donors (Lipinski definition) is 3. The molecule has 0 bridgehead atoms. The summed E-state index contributed by atoms with van der Waals surface area (Å²) in [6.07, 6.45) is 1.12. The minimum absolute atomic E-state index is 0.0196. The van der Waals surface area contributed by atoms with Gasteiger partial charge in [-0.25, -0.2) is 0 Å². The number of benzene rings is 1. The average molecular weight is 263 g/mol. The van der Waals surface area contributed by atoms with Crippen LogP contribution < -0.4 is 16.4 Å². The van der Waals surface area contributed by atoms with Gasteiger partial charge in [-0.1, -0.05) is 12.1 Å². The van der Waals surface area contributed by atoms with Gasteiger partial charge in [0.15, 0.2) is 0 Å². The Morgan fingerprint density at radius 1 is 1.26 bits per heavy atom. The van der Waals surface area contributed by atoms with Gasteiger partial charge in [0, 0.05) is 25.1 Å². The number of nitrogens with two attached hydrogens (primary N) is 1. The molecule has 2 amide bonds. The molecular formula is C14H21N3O2. The predicted octanol–water partition coefficient (Wildman–Crippen LogP) is 0.791. The Bertz CT molecular complexity index is 432. The van der Waals surface area contributed by atoms with Gasteiger partial charge in [-0.3, -0.25) is 9.59 Å². The lowest BCUT2D eigenvalue weighted by molar-refractivity contribution is -0.121. The summed E-state index contributed by atoms with van der Waals surface area (Å²) in [5.41, 5.74) is 6.86. The fraction of sp³-hybridized carbons (Fsp3) is 0.429. The van der Waals surface area contributed by atoms with E-state index in [4.69, 9.17) is 5.73 Å². The van der Waals surface area contributed by atoms with Crippen molar-refractivity contribution in [2.24, 2.45) is 5.73 Å². The van der Waals surface area contributed by atoms with E-state index in [0.29, 0.717) is 38.0 Å². The summed E-state index contributed by atoms with van der Waals surface area (Å²) >= 11 is 0. The molecule has 5 heteroatoms. The molecule has 5 nitrogen and oxygen atoms in total. The Kier molecular flexibility index (Phi) is 6.60. The lowest BCUT2D eigenvalue weighted by Gasteiger charge is -2.07. The normalized spacial score (nSPS) is 10.0. The fourth-order valence-electron chi connectivity index (χ4n) is 1.64. The molecule has 1 aromatic rings. The van der Waals surface area contributed by atoms with Gasteiger partial charge in [0.25, 0.3) is 5.91 Å². The molecule has 19 heavy (non-hydrogen) atoms. The number of hydrogen-bond acceptors (Lipinski definition) is 3. The van der Waals surface area contributed by atoms with Crippen LogP contribution in [0.4, 0.5) is 0 Å². The number of rotatable bonds is 7. The van der Waals surface area contributed by atoms with Gasteiger partial charge in [0.1, 0.15) is 0 Å². The van der Waals surface area contributed by atoms with E-state index in [2.05, 4.69) is 10.6 Å². The molecule has 1 aromatic carbocycles. The summed E-state index contributed by atoms with van der Waals surface area (Å²) in [4.78, 5) is 23.1. The van der Waals surface area contributed by atoms with Crippen LogP contribution in [0.15, 0.2) is 24.3 Å². The maximum atomic E-state index is 11.7. The van der Waals surface area contributed by atoms with Crippen molar-refractivity contribution in [2.75, 3.05) is 13.1 Å². The number of carbonyl (C=O) groups excluding carboxylic acids is 2. The number of carbonyl (C=O) groups is 2. The van der Waals surface area contributed by atoms with E-state index >= 15 is 0 Å². The molecule has 1 rings (SSSR count). The maximum Gasteiger partial charge on any atom is 0.251 e. The molecule has 0 radical (unpaired) electrons. The summed E-state index contributed by atoms with van der Waals surface area (Å²) in [7, 11) is 0. The molecule has 0 aliphatic carbocycles. The summed E-state index contributed by atoms with van der Waals surface area (Å²) in [6.45, 7) is 3.41. The molecule has 0 spiro atoms. The zero-order valence-corrected chi connectivity index (χ0v) is 11.2. The van der Waals surface area contributed by atoms with E-state index in [1.165, 1.54) is 0 Å². The van der Waals surface area contributed by atoms with E-state index in [0.717, 1.165) is 5.56 Å². The Morgan fingerprint density at radius 3 is 2.74 bits per heavy atom. The molecule has 0 heterocycles. The first-order valence-corrected chi connectivity index (χ1v) is 6.51. The van der Waals surface area contributed by atoms with Gasteiger partial charge in [-0.2, -0.15) is 0 Å². The van der Waals surface area contributed by atoms with Gasteiger partial charge in [0.2, 0.25) is 5.91 Å². The van der Waals surface area contributed by atoms with Gasteiger partial charge < -0.3 is 16.4 Å². The third-order valence-electron chi connectivity index (χ3n) is 2.62. The van der Waals surface area contributed by atoms with Crippen LogP contribution in [0.1, 0.15) is 35.7 Å². The number of nitrogens with one attached hydrogen (secondary N) is 2. The van der Waals surface area contributed by atoms with Crippen LogP contribution in [0.5, 0.6) is 0 Å². The Morgan fingerprint density at radius 2 is 2.05 bits per heavy atom. The molecule has 0 aromatic heterocycles. The highest BCUT2D eigenvalue weighted by molar-refractivity contribution is 5.94. The lowest BCUT2D eigenvalue weighted by atomic mass is 10.1. The predicted molar refractivity (Wildman–Crippen MR) is 74.6 cm³/mol. The van der Waals surface area contributed by atoms with Crippen LogP contribution in [0.3, 0.4) is 0 Å². The molecule has 0 aliphatic rings. The van der Waals surface area contributed by atoms with Gasteiger partial charge >= 0.3 is 0 Å². The first kappa shape index (κ1) is 15.2. The van der Waals surface area contributed by atoms with Gasteiger partial charge in [-0.15, -0.1) is 0 Å². The highest BCUT2D eigenvalue weighted by Crippen LogP contribution is 2.05. The van der Waals surface area contributed by atoms with Crippen LogP contribution in [0, 0.1) is 0 Å². The minimum Gasteiger partial charge on any atom is -0.352 e. The van der Waals surface area contributed by atoms with Crippen LogP contribution in [-0.2, 0) is 11.3 Å². The van der Waals surface area contributed by atoms with Crippen molar-refractivity contribution in [1.82, 2.24) is 10.6 Å². The second kappa shape index (κ2) is 8.26. The maximum absolute atomic E-state index is 11.7. The van der Waals surface area contributed by atoms with Crippen LogP contribution >= 0.6 is 0 Å². The molecule has 0 aliphatic heterocycles. The van der Waals surface area contributed by atoms with E-state index in [1.807, 2.05) is 19.1 Å². The highest BCUT2D eigenvalue weighted by atomic mass is 16.2. The highest BCUT2D eigenvalue weighted by Gasteiger charge is 2.05. The quantitative estimate of drug-likeness (QED) is 0.680. The molecular weight excluding hydrogens is 242 g/mol. The second-order valence-corrected chi connectivity index (χ2v) is 4.23. The molecule has 104 valence electrons. The fourth-order valence-corrected chi connectivity index (χ4v) is 1.64. The van der Waals surface area contributed by atoms with E-state index in [9.17, 15) is 9.59 Å². The summed E-state index contributed by atoms with van der Waals surface area (Å²) in [6, 6.07) is 7.23. The Hall–Kier alpha value is -1.88. The number of amides is 2. The molecule has 0 fully saturated rings. The summed E-state index contributed by atoms with van der Waals surface area (Å²) in [5, 5.41) is 5.55. The molecule has 4 N–H and O–H groups in total. The standard InChI is InChI=1S/C14H21N3O2/c1-2-16-14(19)12-6-3-5-11(9-12)10-17-13(18)7-4-8-15/h3,5-6,9H,2,4,7-8,10,15H2,1H3,(H,16,19)(H,17,18). The van der Waals surface area contributed by atoms with Crippen LogP contribution in [0.25, 0.3) is 0 Å². The first-order valence-electron chi connectivity index (χ1n) is 6.51. The SMILES string of the molecule is CCNC(=O)c1cccc(CNC(=O)CCCN)c1. The zero-order chi connectivity index (χ0) is 14.1. The van der Waals surface area contributed by atoms with Crippen molar-refractivity contribution >= 4 is 11.8 Å². The topological polar surface area (TPSA) is 84.2 Å². The van der Waals surface area contributed by atoms with Crippen LogP contribution in [0.2, 0.25) is 0 Å². The Labute approximate surface area is 113 Å². The van der Waals surface area contributed by atoms with Crippen molar-refractivity contribution in [3.63, 3.8) is 0 Å². The van der Waals surface area contributed by atoms with Crippen molar-refractivity contribution in [3.8, 4) is 0 Å². The largest absolute Gasteiger partial charge is 0.352 e. The van der Waals surface area contributed by atoms with Crippen molar-refractivity contribution in [2.45, 2.75) is 26.3 Å². The smallest absolute Gasteiger partial charge is 0.251 e. The third-order valence-corrected chi connectivity index (χ3v) is 2.62. The van der Waals surface area contributed by atoms with Gasteiger partial charge in [-0.05, 0) is 37.6 Å².